The van der Waals surface area contributed by atoms with Gasteiger partial charge in [-0.2, -0.15) is 8.42 Å². The van der Waals surface area contributed by atoms with Gasteiger partial charge in [-0.3, -0.25) is 4.79 Å². The van der Waals surface area contributed by atoms with Crippen molar-refractivity contribution in [2.75, 3.05) is 17.5 Å². The van der Waals surface area contributed by atoms with Gasteiger partial charge >= 0.3 is 16.2 Å². The third kappa shape index (κ3) is 6.66. The number of hydrogen-bond donors (Lipinski definition) is 2. The number of carbonyl (C=O) groups excluding carboxylic acids is 2. The predicted molar refractivity (Wildman–Crippen MR) is 183 cm³/mol. The summed E-state index contributed by atoms with van der Waals surface area (Å²) >= 11 is 12.6. The number of anilines is 1. The molecule has 2 heterocycles. The van der Waals surface area contributed by atoms with Crippen LogP contribution in [0.3, 0.4) is 0 Å². The Bertz CT molecular complexity index is 2100. The second kappa shape index (κ2) is 13.1. The minimum absolute atomic E-state index is 0.278. The second-order valence-electron chi connectivity index (χ2n) is 10.8. The highest BCUT2D eigenvalue weighted by Gasteiger charge is 2.34. The molecule has 0 radical (unpaired) electrons. The largest absolute Gasteiger partial charge is 0.462 e. The number of hydrogen-bond acceptors (Lipinski definition) is 6. The van der Waals surface area contributed by atoms with Crippen molar-refractivity contribution in [2.24, 2.45) is 0 Å². The van der Waals surface area contributed by atoms with Crippen molar-refractivity contribution in [1.29, 1.82) is 0 Å². The zero-order valence-corrected chi connectivity index (χ0v) is 27.4. The number of imidazole rings is 1. The van der Waals surface area contributed by atoms with Crippen LogP contribution in [0.25, 0.3) is 28.0 Å². The number of esters is 1. The number of nitrogens with one attached hydrogen (secondary N) is 2. The molecule has 4 aromatic carbocycles. The molecular weight excluding hydrogens is 659 g/mol. The maximum atomic E-state index is 12.4. The minimum Gasteiger partial charge on any atom is -0.462 e. The summed E-state index contributed by atoms with van der Waals surface area (Å²) in [6.07, 6.45) is 1.78. The number of aromatic nitrogens is 2. The van der Waals surface area contributed by atoms with Gasteiger partial charge in [0, 0.05) is 16.8 Å². The quantitative estimate of drug-likeness (QED) is 0.127. The summed E-state index contributed by atoms with van der Waals surface area (Å²) in [6.45, 7) is 5.60. The van der Waals surface area contributed by atoms with Gasteiger partial charge in [-0.1, -0.05) is 90.4 Å². The van der Waals surface area contributed by atoms with Crippen LogP contribution >= 0.6 is 23.2 Å². The van der Waals surface area contributed by atoms with Crippen LogP contribution in [0.4, 0.5) is 5.69 Å². The van der Waals surface area contributed by atoms with E-state index in [0.717, 1.165) is 26.6 Å². The summed E-state index contributed by atoms with van der Waals surface area (Å²) in [7, 11) is -3.94. The van der Waals surface area contributed by atoms with E-state index in [0.29, 0.717) is 44.0 Å². The van der Waals surface area contributed by atoms with Gasteiger partial charge in [0.2, 0.25) is 0 Å². The van der Waals surface area contributed by atoms with Crippen molar-refractivity contribution in [3.63, 3.8) is 0 Å². The molecule has 6 rings (SSSR count). The average molecular weight is 688 g/mol. The Morgan fingerprint density at radius 2 is 1.57 bits per heavy atom. The van der Waals surface area contributed by atoms with Crippen LogP contribution in [0, 0.1) is 0 Å². The third-order valence-corrected chi connectivity index (χ3v) is 9.70. The van der Waals surface area contributed by atoms with Crippen LogP contribution in [0.5, 0.6) is 0 Å². The summed E-state index contributed by atoms with van der Waals surface area (Å²) in [5.74, 6) is -0.771. The Kier molecular flexibility index (Phi) is 8.92. The Balaban J connectivity index is 1.34. The van der Waals surface area contributed by atoms with Gasteiger partial charge in [0.1, 0.15) is 12.4 Å². The average Bonchev–Trinajstić information content (AvgIpc) is 3.64. The number of ether oxygens (including phenoxy) is 1. The summed E-state index contributed by atoms with van der Waals surface area (Å²) in [4.78, 5) is 32.1. The van der Waals surface area contributed by atoms with Crippen molar-refractivity contribution in [2.45, 2.75) is 12.8 Å². The number of amides is 1. The fourth-order valence-electron chi connectivity index (χ4n) is 5.41. The molecule has 9 nitrogen and oxygen atoms in total. The van der Waals surface area contributed by atoms with Gasteiger partial charge in [-0.05, 0) is 65.1 Å². The predicted octanol–water partition coefficient (Wildman–Crippen LogP) is 6.99. The number of rotatable bonds is 9. The van der Waals surface area contributed by atoms with Crippen LogP contribution in [-0.4, -0.2) is 43.4 Å². The van der Waals surface area contributed by atoms with E-state index in [2.05, 4.69) is 11.6 Å². The monoisotopic (exact) mass is 686 g/mol. The van der Waals surface area contributed by atoms with E-state index in [1.54, 1.807) is 37.4 Å². The highest BCUT2D eigenvalue weighted by Crippen LogP contribution is 2.36. The van der Waals surface area contributed by atoms with E-state index in [1.807, 2.05) is 71.5 Å². The third-order valence-electron chi connectivity index (χ3n) is 7.75. The molecule has 1 aromatic heterocycles. The first-order valence-electron chi connectivity index (χ1n) is 14.5. The normalized spacial score (nSPS) is 14.4. The van der Waals surface area contributed by atoms with Gasteiger partial charge in [0.05, 0.1) is 34.5 Å². The molecule has 0 aliphatic carbocycles. The van der Waals surface area contributed by atoms with E-state index in [4.69, 9.17) is 32.9 Å². The Hall–Kier alpha value is -4.90. The molecule has 1 saturated heterocycles. The number of halogens is 2. The molecule has 2 N–H and O–H groups in total. The second-order valence-corrected chi connectivity index (χ2v) is 13.2. The zero-order valence-electron chi connectivity index (χ0n) is 25.0. The van der Waals surface area contributed by atoms with Crippen LogP contribution in [0.2, 0.25) is 10.0 Å². The molecule has 1 aliphatic rings. The minimum atomic E-state index is -3.94. The SMILES string of the molecule is C=C(C(=O)OCC)c1ccc(-c2ccc(C(c3ccc(N4CC(=O)NS4(=O)=O)cc3)c3nc(-c4ccc(Cl)cc4Cl)c[nH]3)cc2)cc1. The number of H-pyrrole nitrogens is 1. The van der Waals surface area contributed by atoms with Gasteiger partial charge in [0.15, 0.2) is 0 Å². The molecule has 1 amide bonds. The van der Waals surface area contributed by atoms with Gasteiger partial charge in [-0.25, -0.2) is 18.8 Å². The lowest BCUT2D eigenvalue weighted by atomic mass is 9.89. The smallest absolute Gasteiger partial charge is 0.338 e. The molecule has 238 valence electrons. The van der Waals surface area contributed by atoms with Crippen LogP contribution in [0.15, 0.2) is 104 Å². The number of benzene rings is 4. The van der Waals surface area contributed by atoms with Crippen molar-refractivity contribution >= 4 is 56.5 Å². The van der Waals surface area contributed by atoms with E-state index >= 15 is 0 Å². The molecule has 0 spiro atoms. The Morgan fingerprint density at radius 1 is 0.957 bits per heavy atom. The van der Waals surface area contributed by atoms with Crippen LogP contribution < -0.4 is 9.03 Å². The first kappa shape index (κ1) is 32.1. The number of aromatic amines is 1. The lowest BCUT2D eigenvalue weighted by Gasteiger charge is -2.19. The molecular formula is C35H28Cl2N4O5S. The van der Waals surface area contributed by atoms with Gasteiger partial charge in [-0.15, -0.1) is 0 Å². The maximum Gasteiger partial charge on any atom is 0.338 e. The van der Waals surface area contributed by atoms with Crippen LogP contribution in [0.1, 0.15) is 35.4 Å². The summed E-state index contributed by atoms with van der Waals surface area (Å²) in [5, 5.41) is 0.982. The zero-order chi connectivity index (χ0) is 33.3. The van der Waals surface area contributed by atoms with Crippen molar-refractivity contribution in [3.05, 3.63) is 136 Å². The molecule has 47 heavy (non-hydrogen) atoms. The van der Waals surface area contributed by atoms with E-state index in [-0.39, 0.29) is 19.1 Å². The molecule has 0 saturated carbocycles. The molecule has 1 atom stereocenters. The van der Waals surface area contributed by atoms with E-state index in [1.165, 1.54) is 0 Å². The van der Waals surface area contributed by atoms with E-state index in [9.17, 15) is 18.0 Å². The molecule has 1 unspecified atom stereocenters. The highest BCUT2D eigenvalue weighted by atomic mass is 35.5. The molecule has 1 fully saturated rings. The Labute approximate surface area is 282 Å². The Morgan fingerprint density at radius 3 is 2.15 bits per heavy atom. The van der Waals surface area contributed by atoms with Crippen molar-refractivity contribution < 1.29 is 22.7 Å². The molecule has 12 heteroatoms. The lowest BCUT2D eigenvalue weighted by Crippen LogP contribution is -2.29. The molecule has 0 bridgehead atoms. The van der Waals surface area contributed by atoms with Crippen molar-refractivity contribution in [1.82, 2.24) is 14.7 Å². The van der Waals surface area contributed by atoms with Gasteiger partial charge in [0.25, 0.3) is 5.91 Å². The molecule has 5 aromatic rings. The van der Waals surface area contributed by atoms with E-state index < -0.39 is 22.1 Å². The standard InChI is InChI=1S/C35H28Cl2N4O5S/c1-3-46-35(43)21(2)22-4-6-23(7-5-22)24-8-10-25(11-9-24)33(34-38-19-31(39-34)29-17-14-27(36)18-30(29)37)26-12-15-28(16-13-26)41-20-32(42)40-47(41,44)45/h4-19,33H,2-3,20H2,1H3,(H,38,39)(H,40,42). The number of nitrogens with zero attached hydrogens (tertiary/aromatic N) is 2. The first-order chi connectivity index (χ1) is 22.5. The summed E-state index contributed by atoms with van der Waals surface area (Å²) < 4.78 is 32.9. The lowest BCUT2D eigenvalue weighted by molar-refractivity contribution is -0.136. The topological polar surface area (TPSA) is 121 Å². The van der Waals surface area contributed by atoms with Crippen LogP contribution in [-0.2, 0) is 24.5 Å². The highest BCUT2D eigenvalue weighted by molar-refractivity contribution is 7.92. The summed E-state index contributed by atoms with van der Waals surface area (Å²) in [5.41, 5.74) is 6.36. The van der Waals surface area contributed by atoms with Crippen molar-refractivity contribution in [3.8, 4) is 22.4 Å². The molecule has 1 aliphatic heterocycles. The van der Waals surface area contributed by atoms with Gasteiger partial charge < -0.3 is 9.72 Å². The number of carbonyl (C=O) groups is 2. The maximum absolute atomic E-state index is 12.4. The summed E-state index contributed by atoms with van der Waals surface area (Å²) in [6, 6.07) is 27.7. The fourth-order valence-corrected chi connectivity index (χ4v) is 7.06. The fraction of sp³-hybridized carbons (Fsp3) is 0.114. The first-order valence-corrected chi connectivity index (χ1v) is 16.7.